The Kier molecular flexibility index (Phi) is 3.98. The van der Waals surface area contributed by atoms with E-state index in [1.54, 1.807) is 11.3 Å². The van der Waals surface area contributed by atoms with Crippen LogP contribution in [-0.4, -0.2) is 28.0 Å². The molecule has 0 saturated carbocycles. The van der Waals surface area contributed by atoms with Crippen molar-refractivity contribution in [1.82, 2.24) is 14.9 Å². The second-order valence-electron chi connectivity index (χ2n) is 5.74. The van der Waals surface area contributed by atoms with E-state index in [4.69, 9.17) is 11.6 Å². The minimum Gasteiger partial charge on any atom is -0.295 e. The molecule has 1 fully saturated rings. The lowest BCUT2D eigenvalue weighted by Crippen LogP contribution is -2.26. The van der Waals surface area contributed by atoms with Crippen molar-refractivity contribution in [2.45, 2.75) is 39.7 Å². The summed E-state index contributed by atoms with van der Waals surface area (Å²) >= 11 is 7.86. The summed E-state index contributed by atoms with van der Waals surface area (Å²) in [7, 11) is 0. The molecule has 0 amide bonds. The number of aromatic nitrogens is 2. The Labute approximate surface area is 129 Å². The third-order valence-electron chi connectivity index (χ3n) is 4.71. The highest BCUT2D eigenvalue weighted by Gasteiger charge is 2.35. The Balaban J connectivity index is 1.77. The van der Waals surface area contributed by atoms with Gasteiger partial charge in [0.1, 0.15) is 15.8 Å². The van der Waals surface area contributed by atoms with Gasteiger partial charge < -0.3 is 0 Å². The van der Waals surface area contributed by atoms with Gasteiger partial charge in [-0.15, -0.1) is 11.3 Å². The smallest absolute Gasteiger partial charge is 0.145 e. The number of hydrogen-bond donors (Lipinski definition) is 0. The van der Waals surface area contributed by atoms with Crippen molar-refractivity contribution in [3.63, 3.8) is 0 Å². The fraction of sp³-hybridized carbons (Fsp3) is 0.600. The number of halogens is 1. The lowest BCUT2D eigenvalue weighted by Gasteiger charge is -2.26. The zero-order chi connectivity index (χ0) is 14.2. The van der Waals surface area contributed by atoms with Crippen LogP contribution in [0.3, 0.4) is 0 Å². The summed E-state index contributed by atoms with van der Waals surface area (Å²) in [5, 5.41) is 3.57. The molecule has 0 aliphatic carbocycles. The molecule has 0 N–H and O–H groups in total. The zero-order valence-corrected chi connectivity index (χ0v) is 13.6. The van der Waals surface area contributed by atoms with E-state index in [0.717, 1.165) is 35.7 Å². The lowest BCUT2D eigenvalue weighted by molar-refractivity contribution is 0.233. The summed E-state index contributed by atoms with van der Waals surface area (Å²) in [5.41, 5.74) is 0.497. The number of hydrogen-bond acceptors (Lipinski definition) is 4. The molecule has 2 aromatic rings. The van der Waals surface area contributed by atoms with Crippen molar-refractivity contribution in [1.29, 1.82) is 0 Å². The molecule has 20 heavy (non-hydrogen) atoms. The molecule has 0 radical (unpaired) electrons. The molecular formula is C15H20ClN3S. The highest BCUT2D eigenvalue weighted by atomic mass is 35.5. The molecule has 1 aliphatic heterocycles. The van der Waals surface area contributed by atoms with Crippen LogP contribution < -0.4 is 0 Å². The third kappa shape index (κ3) is 2.57. The molecule has 0 spiro atoms. The molecule has 2 aromatic heterocycles. The van der Waals surface area contributed by atoms with Crippen molar-refractivity contribution in [3.05, 3.63) is 22.4 Å². The quantitative estimate of drug-likeness (QED) is 0.786. The van der Waals surface area contributed by atoms with E-state index in [-0.39, 0.29) is 0 Å². The van der Waals surface area contributed by atoms with Crippen molar-refractivity contribution < 1.29 is 0 Å². The first kappa shape index (κ1) is 14.2. The SMILES string of the molecule is CCC1(CC)CCN(Cc2nc(Cl)c3ccsc3n2)C1. The highest BCUT2D eigenvalue weighted by molar-refractivity contribution is 7.16. The summed E-state index contributed by atoms with van der Waals surface area (Å²) in [6.07, 6.45) is 3.80. The Morgan fingerprint density at radius 3 is 2.85 bits per heavy atom. The molecule has 0 bridgehead atoms. The van der Waals surface area contributed by atoms with E-state index in [9.17, 15) is 0 Å². The van der Waals surface area contributed by atoms with Gasteiger partial charge in [0.25, 0.3) is 0 Å². The predicted octanol–water partition coefficient (Wildman–Crippen LogP) is 4.36. The van der Waals surface area contributed by atoms with Crippen LogP contribution in [0.1, 0.15) is 38.9 Å². The monoisotopic (exact) mass is 309 g/mol. The largest absolute Gasteiger partial charge is 0.295 e. The van der Waals surface area contributed by atoms with E-state index in [1.807, 2.05) is 11.4 Å². The van der Waals surface area contributed by atoms with Crippen LogP contribution in [0, 0.1) is 5.41 Å². The van der Waals surface area contributed by atoms with E-state index >= 15 is 0 Å². The number of thiophene rings is 1. The van der Waals surface area contributed by atoms with E-state index in [2.05, 4.69) is 28.7 Å². The molecule has 5 heteroatoms. The van der Waals surface area contributed by atoms with Crippen LogP contribution in [0.25, 0.3) is 10.2 Å². The molecule has 1 aliphatic rings. The lowest BCUT2D eigenvalue weighted by atomic mass is 9.82. The molecular weight excluding hydrogens is 290 g/mol. The maximum Gasteiger partial charge on any atom is 0.145 e. The molecule has 0 unspecified atom stereocenters. The molecule has 108 valence electrons. The Morgan fingerprint density at radius 1 is 1.35 bits per heavy atom. The van der Waals surface area contributed by atoms with Gasteiger partial charge in [-0.3, -0.25) is 4.90 Å². The first-order valence-electron chi connectivity index (χ1n) is 7.28. The Hall–Kier alpha value is -0.710. The van der Waals surface area contributed by atoms with Crippen LogP contribution in [0.5, 0.6) is 0 Å². The third-order valence-corrected chi connectivity index (χ3v) is 5.80. The standard InChI is InChI=1S/C15H20ClN3S/c1-3-15(4-2)6-7-19(10-15)9-12-17-13(16)11-5-8-20-14(11)18-12/h5,8H,3-4,6-7,9-10H2,1-2H3. The Morgan fingerprint density at radius 2 is 2.15 bits per heavy atom. The molecule has 3 nitrogen and oxygen atoms in total. The van der Waals surface area contributed by atoms with Gasteiger partial charge in [0.05, 0.1) is 6.54 Å². The average molecular weight is 310 g/mol. The normalized spacial score (nSPS) is 18.9. The maximum absolute atomic E-state index is 6.24. The summed E-state index contributed by atoms with van der Waals surface area (Å²) in [6, 6.07) is 1.99. The summed E-state index contributed by atoms with van der Waals surface area (Å²) in [5.74, 6) is 0.855. The van der Waals surface area contributed by atoms with Gasteiger partial charge in [0.2, 0.25) is 0 Å². The van der Waals surface area contributed by atoms with Crippen molar-refractivity contribution >= 4 is 33.2 Å². The van der Waals surface area contributed by atoms with Gasteiger partial charge in [-0.1, -0.05) is 25.4 Å². The molecule has 3 heterocycles. The highest BCUT2D eigenvalue weighted by Crippen LogP contribution is 2.37. The van der Waals surface area contributed by atoms with Crippen molar-refractivity contribution in [2.24, 2.45) is 5.41 Å². The number of fused-ring (bicyclic) bond motifs is 1. The summed E-state index contributed by atoms with van der Waals surface area (Å²) in [4.78, 5) is 12.6. The minimum absolute atomic E-state index is 0.497. The van der Waals surface area contributed by atoms with Gasteiger partial charge >= 0.3 is 0 Å². The number of nitrogens with zero attached hydrogens (tertiary/aromatic N) is 3. The first-order valence-corrected chi connectivity index (χ1v) is 8.53. The summed E-state index contributed by atoms with van der Waals surface area (Å²) in [6.45, 7) is 7.72. The fourth-order valence-corrected chi connectivity index (χ4v) is 4.21. The van der Waals surface area contributed by atoms with Crippen LogP contribution >= 0.6 is 22.9 Å². The number of likely N-dealkylation sites (tertiary alicyclic amines) is 1. The van der Waals surface area contributed by atoms with E-state index in [1.165, 1.54) is 19.3 Å². The van der Waals surface area contributed by atoms with Crippen molar-refractivity contribution in [3.8, 4) is 0 Å². The molecule has 0 aromatic carbocycles. The van der Waals surface area contributed by atoms with Gasteiger partial charge in [0, 0.05) is 11.9 Å². The van der Waals surface area contributed by atoms with Crippen LogP contribution in [-0.2, 0) is 6.54 Å². The van der Waals surface area contributed by atoms with Crippen LogP contribution in [0.2, 0.25) is 5.15 Å². The van der Waals surface area contributed by atoms with Gasteiger partial charge in [-0.2, -0.15) is 0 Å². The second-order valence-corrected chi connectivity index (χ2v) is 6.99. The first-order chi connectivity index (χ1) is 9.65. The van der Waals surface area contributed by atoms with Crippen molar-refractivity contribution in [2.75, 3.05) is 13.1 Å². The zero-order valence-electron chi connectivity index (χ0n) is 12.0. The Bertz CT molecular complexity index is 606. The maximum atomic E-state index is 6.24. The van der Waals surface area contributed by atoms with E-state index < -0.39 is 0 Å². The second kappa shape index (κ2) is 5.58. The van der Waals surface area contributed by atoms with Gasteiger partial charge in [-0.05, 0) is 42.7 Å². The van der Waals surface area contributed by atoms with Gasteiger partial charge in [0.15, 0.2) is 0 Å². The number of rotatable bonds is 4. The molecule has 1 saturated heterocycles. The minimum atomic E-state index is 0.497. The van der Waals surface area contributed by atoms with Crippen LogP contribution in [0.4, 0.5) is 0 Å². The molecule has 3 rings (SSSR count). The molecule has 0 atom stereocenters. The van der Waals surface area contributed by atoms with Gasteiger partial charge in [-0.25, -0.2) is 9.97 Å². The summed E-state index contributed by atoms with van der Waals surface area (Å²) < 4.78 is 0. The van der Waals surface area contributed by atoms with E-state index in [0.29, 0.717) is 10.6 Å². The predicted molar refractivity (Wildman–Crippen MR) is 85.3 cm³/mol. The van der Waals surface area contributed by atoms with Crippen LogP contribution in [0.15, 0.2) is 11.4 Å². The topological polar surface area (TPSA) is 29.0 Å². The average Bonchev–Trinajstić information content (AvgIpc) is 3.06. The fourth-order valence-electron chi connectivity index (χ4n) is 3.12.